The second-order valence-electron chi connectivity index (χ2n) is 6.54. The van der Waals surface area contributed by atoms with Crippen LogP contribution in [0.2, 0.25) is 0 Å². The third-order valence-corrected chi connectivity index (χ3v) is 5.06. The Labute approximate surface area is 119 Å². The van der Waals surface area contributed by atoms with Gasteiger partial charge in [0, 0.05) is 39.3 Å². The summed E-state index contributed by atoms with van der Waals surface area (Å²) >= 11 is 0. The van der Waals surface area contributed by atoms with Crippen LogP contribution in [0.3, 0.4) is 0 Å². The van der Waals surface area contributed by atoms with E-state index in [0.717, 1.165) is 31.5 Å². The van der Waals surface area contributed by atoms with Gasteiger partial charge in [0.1, 0.15) is 0 Å². The van der Waals surface area contributed by atoms with Gasteiger partial charge in [-0.05, 0) is 24.7 Å². The Bertz CT molecular complexity index is 207. The van der Waals surface area contributed by atoms with E-state index in [-0.39, 0.29) is 0 Å². The van der Waals surface area contributed by atoms with Gasteiger partial charge in [-0.25, -0.2) is 0 Å². The summed E-state index contributed by atoms with van der Waals surface area (Å²) in [5, 5.41) is 8.96. The maximum Gasteiger partial charge on any atom is 0.0558 e. The van der Waals surface area contributed by atoms with Gasteiger partial charge in [-0.1, -0.05) is 32.6 Å². The average molecular weight is 268 g/mol. The topological polar surface area (TPSA) is 26.7 Å². The van der Waals surface area contributed by atoms with Crippen LogP contribution >= 0.6 is 0 Å². The third-order valence-electron chi connectivity index (χ3n) is 5.06. The van der Waals surface area contributed by atoms with Crippen molar-refractivity contribution >= 4 is 0 Å². The molecule has 19 heavy (non-hydrogen) atoms. The standard InChI is InChI=1S/C16H32N2O/c1-2-3-15-4-6-16(7-5-15)14-18-10-8-17(9-11-18)12-13-19/h15-16,19H,2-14H2,1H3. The Morgan fingerprint density at radius 3 is 2.05 bits per heavy atom. The van der Waals surface area contributed by atoms with Crippen LogP contribution in [-0.2, 0) is 0 Å². The molecule has 1 N–H and O–H groups in total. The Kier molecular flexibility index (Phi) is 6.62. The molecule has 0 aromatic rings. The van der Waals surface area contributed by atoms with Crippen molar-refractivity contribution in [1.82, 2.24) is 9.80 Å². The molecule has 0 bridgehead atoms. The number of β-amino-alcohol motifs (C(OH)–C–C–N with tert-alkyl or cyclic N) is 1. The number of piperazine rings is 1. The highest BCUT2D eigenvalue weighted by molar-refractivity contribution is 4.78. The van der Waals surface area contributed by atoms with Crippen LogP contribution in [0.1, 0.15) is 45.4 Å². The molecule has 1 saturated carbocycles. The van der Waals surface area contributed by atoms with Crippen molar-refractivity contribution in [3.8, 4) is 0 Å². The molecule has 0 aromatic carbocycles. The zero-order valence-electron chi connectivity index (χ0n) is 12.7. The SMILES string of the molecule is CCCC1CCC(CN2CCN(CCO)CC2)CC1. The van der Waals surface area contributed by atoms with E-state index in [9.17, 15) is 0 Å². The number of rotatable bonds is 6. The molecular weight excluding hydrogens is 236 g/mol. The predicted molar refractivity (Wildman–Crippen MR) is 80.3 cm³/mol. The zero-order valence-corrected chi connectivity index (χ0v) is 12.7. The van der Waals surface area contributed by atoms with E-state index in [1.807, 2.05) is 0 Å². The molecule has 0 aromatic heterocycles. The summed E-state index contributed by atoms with van der Waals surface area (Å²) in [4.78, 5) is 5.04. The lowest BCUT2D eigenvalue weighted by molar-refractivity contribution is 0.0916. The van der Waals surface area contributed by atoms with E-state index in [4.69, 9.17) is 5.11 Å². The minimum absolute atomic E-state index is 0.307. The summed E-state index contributed by atoms with van der Waals surface area (Å²) in [5.74, 6) is 1.99. The fourth-order valence-electron chi connectivity index (χ4n) is 3.81. The lowest BCUT2D eigenvalue weighted by Crippen LogP contribution is -2.48. The van der Waals surface area contributed by atoms with Crippen LogP contribution in [0, 0.1) is 11.8 Å². The molecule has 112 valence electrons. The predicted octanol–water partition coefficient (Wildman–Crippen LogP) is 2.20. The minimum atomic E-state index is 0.307. The molecule has 2 rings (SSSR count). The van der Waals surface area contributed by atoms with Crippen molar-refractivity contribution in [3.63, 3.8) is 0 Å². The Morgan fingerprint density at radius 1 is 0.895 bits per heavy atom. The van der Waals surface area contributed by atoms with Crippen molar-refractivity contribution in [2.45, 2.75) is 45.4 Å². The molecule has 1 saturated heterocycles. The molecule has 0 atom stereocenters. The van der Waals surface area contributed by atoms with Crippen molar-refractivity contribution < 1.29 is 5.11 Å². The van der Waals surface area contributed by atoms with E-state index >= 15 is 0 Å². The maximum absolute atomic E-state index is 8.96. The maximum atomic E-state index is 8.96. The molecule has 0 spiro atoms. The highest BCUT2D eigenvalue weighted by Gasteiger charge is 2.24. The monoisotopic (exact) mass is 268 g/mol. The van der Waals surface area contributed by atoms with Crippen molar-refractivity contribution in [2.24, 2.45) is 11.8 Å². The van der Waals surface area contributed by atoms with Crippen LogP contribution in [0.25, 0.3) is 0 Å². The van der Waals surface area contributed by atoms with Crippen molar-refractivity contribution in [1.29, 1.82) is 0 Å². The van der Waals surface area contributed by atoms with Gasteiger partial charge >= 0.3 is 0 Å². The lowest BCUT2D eigenvalue weighted by Gasteiger charge is -2.38. The summed E-state index contributed by atoms with van der Waals surface area (Å²) in [5.41, 5.74) is 0. The van der Waals surface area contributed by atoms with E-state index < -0.39 is 0 Å². The summed E-state index contributed by atoms with van der Waals surface area (Å²) in [6.45, 7) is 9.50. The first-order valence-electron chi connectivity index (χ1n) is 8.37. The summed E-state index contributed by atoms with van der Waals surface area (Å²) in [6, 6.07) is 0. The normalized spacial score (nSPS) is 30.6. The molecule has 0 amide bonds. The Hall–Kier alpha value is -0.120. The average Bonchev–Trinajstić information content (AvgIpc) is 2.44. The van der Waals surface area contributed by atoms with Gasteiger partial charge in [0.25, 0.3) is 0 Å². The van der Waals surface area contributed by atoms with Crippen molar-refractivity contribution in [2.75, 3.05) is 45.9 Å². The zero-order chi connectivity index (χ0) is 13.5. The van der Waals surface area contributed by atoms with Gasteiger partial charge in [-0.3, -0.25) is 4.90 Å². The molecule has 1 heterocycles. The number of nitrogens with zero attached hydrogens (tertiary/aromatic N) is 2. The molecule has 2 fully saturated rings. The first-order valence-corrected chi connectivity index (χ1v) is 8.37. The fraction of sp³-hybridized carbons (Fsp3) is 1.00. The van der Waals surface area contributed by atoms with E-state index in [2.05, 4.69) is 16.7 Å². The molecule has 0 unspecified atom stereocenters. The van der Waals surface area contributed by atoms with Crippen LogP contribution in [-0.4, -0.2) is 60.8 Å². The van der Waals surface area contributed by atoms with Gasteiger partial charge < -0.3 is 10.0 Å². The first kappa shape index (κ1) is 15.3. The highest BCUT2D eigenvalue weighted by Crippen LogP contribution is 2.32. The summed E-state index contributed by atoms with van der Waals surface area (Å²) < 4.78 is 0. The molecule has 0 radical (unpaired) electrons. The van der Waals surface area contributed by atoms with Crippen LogP contribution in [0.4, 0.5) is 0 Å². The molecule has 2 aliphatic rings. The van der Waals surface area contributed by atoms with E-state index in [0.29, 0.717) is 6.61 Å². The van der Waals surface area contributed by atoms with Gasteiger partial charge in [0.05, 0.1) is 6.61 Å². The smallest absolute Gasteiger partial charge is 0.0558 e. The van der Waals surface area contributed by atoms with Gasteiger partial charge in [-0.2, -0.15) is 0 Å². The van der Waals surface area contributed by atoms with E-state index in [1.165, 1.54) is 58.2 Å². The highest BCUT2D eigenvalue weighted by atomic mass is 16.3. The fourth-order valence-corrected chi connectivity index (χ4v) is 3.81. The first-order chi connectivity index (χ1) is 9.31. The quantitative estimate of drug-likeness (QED) is 0.800. The molecule has 1 aliphatic carbocycles. The second-order valence-corrected chi connectivity index (χ2v) is 6.54. The van der Waals surface area contributed by atoms with Gasteiger partial charge in [0.2, 0.25) is 0 Å². The van der Waals surface area contributed by atoms with E-state index in [1.54, 1.807) is 0 Å². The van der Waals surface area contributed by atoms with Crippen LogP contribution in [0.15, 0.2) is 0 Å². The lowest BCUT2D eigenvalue weighted by atomic mass is 9.80. The van der Waals surface area contributed by atoms with Crippen LogP contribution in [0.5, 0.6) is 0 Å². The molecule has 3 heteroatoms. The third kappa shape index (κ3) is 5.05. The molecule has 3 nitrogen and oxygen atoms in total. The van der Waals surface area contributed by atoms with Gasteiger partial charge in [0.15, 0.2) is 0 Å². The number of hydrogen-bond donors (Lipinski definition) is 1. The molecule has 1 aliphatic heterocycles. The molecular formula is C16H32N2O. The van der Waals surface area contributed by atoms with Crippen LogP contribution < -0.4 is 0 Å². The van der Waals surface area contributed by atoms with Crippen molar-refractivity contribution in [3.05, 3.63) is 0 Å². The number of aliphatic hydroxyl groups is 1. The largest absolute Gasteiger partial charge is 0.395 e. The Balaban J connectivity index is 1.61. The Morgan fingerprint density at radius 2 is 1.47 bits per heavy atom. The summed E-state index contributed by atoms with van der Waals surface area (Å²) in [7, 11) is 0. The number of hydrogen-bond acceptors (Lipinski definition) is 3. The number of aliphatic hydroxyl groups excluding tert-OH is 1. The minimum Gasteiger partial charge on any atom is -0.395 e. The summed E-state index contributed by atoms with van der Waals surface area (Å²) in [6.07, 6.45) is 8.68. The second kappa shape index (κ2) is 8.23. The van der Waals surface area contributed by atoms with Gasteiger partial charge in [-0.15, -0.1) is 0 Å².